The van der Waals surface area contributed by atoms with E-state index in [1.807, 2.05) is 6.92 Å². The number of benzene rings is 2. The molecule has 0 saturated carbocycles. The second kappa shape index (κ2) is 8.14. The van der Waals surface area contributed by atoms with Gasteiger partial charge in [-0.2, -0.15) is 4.31 Å². The van der Waals surface area contributed by atoms with Crippen LogP contribution in [0.2, 0.25) is 0 Å². The molecule has 6 nitrogen and oxygen atoms in total. The number of hydrogen-bond acceptors (Lipinski definition) is 4. The van der Waals surface area contributed by atoms with Gasteiger partial charge in [0.05, 0.1) is 11.4 Å². The summed E-state index contributed by atoms with van der Waals surface area (Å²) in [6, 6.07) is 12.3. The van der Waals surface area contributed by atoms with Gasteiger partial charge in [0.15, 0.2) is 5.76 Å². The summed E-state index contributed by atoms with van der Waals surface area (Å²) in [4.78, 5) is 12.3. The maximum atomic E-state index is 13.7. The highest BCUT2D eigenvalue weighted by atomic mass is 32.2. The number of hydrogen-bond donors (Lipinski definition) is 1. The molecule has 1 N–H and O–H groups in total. The summed E-state index contributed by atoms with van der Waals surface area (Å²) in [5, 5.41) is 2.11. The Morgan fingerprint density at radius 2 is 1.66 bits per heavy atom. The topological polar surface area (TPSA) is 79.6 Å². The van der Waals surface area contributed by atoms with E-state index in [1.165, 1.54) is 37.4 Å². The molecule has 0 atom stereocenters. The van der Waals surface area contributed by atoms with Crippen molar-refractivity contribution in [3.8, 4) is 0 Å². The molecule has 0 aliphatic rings. The molecule has 0 aliphatic heterocycles. The zero-order valence-corrected chi connectivity index (χ0v) is 16.5. The molecule has 1 amide bonds. The molecule has 0 saturated heterocycles. The molecule has 0 spiro atoms. The van der Waals surface area contributed by atoms with Gasteiger partial charge >= 0.3 is 0 Å². The molecule has 29 heavy (non-hydrogen) atoms. The molecule has 3 aromatic rings. The van der Waals surface area contributed by atoms with Crippen molar-refractivity contribution < 1.29 is 26.4 Å². The number of rotatable bonds is 6. The Morgan fingerprint density at radius 1 is 1.03 bits per heavy atom. The molecular formula is C20H18F2N2O4S. The summed E-state index contributed by atoms with van der Waals surface area (Å²) in [6.45, 7) is 1.72. The SMILES string of the molecule is Cc1ccc(S(=O)(=O)N(C)Cc2ccc(C(=O)Nc3c(F)cccc3F)o2)cc1. The summed E-state index contributed by atoms with van der Waals surface area (Å²) < 4.78 is 59.0. The number of carbonyl (C=O) groups excluding carboxylic acids is 1. The highest BCUT2D eigenvalue weighted by Crippen LogP contribution is 2.21. The van der Waals surface area contributed by atoms with Crippen LogP contribution in [0.15, 0.2) is 63.9 Å². The molecule has 0 fully saturated rings. The first-order valence-electron chi connectivity index (χ1n) is 8.55. The summed E-state index contributed by atoms with van der Waals surface area (Å²) in [5.74, 6) is -2.71. The van der Waals surface area contributed by atoms with Crippen LogP contribution < -0.4 is 5.32 Å². The van der Waals surface area contributed by atoms with Crippen molar-refractivity contribution in [2.45, 2.75) is 18.4 Å². The maximum Gasteiger partial charge on any atom is 0.291 e. The minimum absolute atomic E-state index is 0.127. The van der Waals surface area contributed by atoms with Crippen molar-refractivity contribution >= 4 is 21.6 Å². The largest absolute Gasteiger partial charge is 0.455 e. The van der Waals surface area contributed by atoms with Crippen LogP contribution >= 0.6 is 0 Å². The standard InChI is InChI=1S/C20H18F2N2O4S/c1-13-6-9-15(10-7-13)29(26,27)24(2)12-14-8-11-18(28-14)20(25)23-19-16(21)4-3-5-17(19)22/h3-11H,12H2,1-2H3,(H,23,25). The second-order valence-electron chi connectivity index (χ2n) is 6.39. The zero-order valence-electron chi connectivity index (χ0n) is 15.6. The number of nitrogens with one attached hydrogen (secondary N) is 1. The number of carbonyl (C=O) groups is 1. The number of furan rings is 1. The lowest BCUT2D eigenvalue weighted by molar-refractivity contribution is 0.0993. The number of aryl methyl sites for hydroxylation is 1. The fourth-order valence-corrected chi connectivity index (χ4v) is 3.71. The average Bonchev–Trinajstić information content (AvgIpc) is 3.13. The summed E-state index contributed by atoms with van der Waals surface area (Å²) in [5.41, 5.74) is 0.342. The molecule has 0 radical (unpaired) electrons. The van der Waals surface area contributed by atoms with Crippen LogP contribution in [-0.4, -0.2) is 25.7 Å². The van der Waals surface area contributed by atoms with Crippen LogP contribution in [0.1, 0.15) is 21.9 Å². The molecular weight excluding hydrogens is 402 g/mol. The summed E-state index contributed by atoms with van der Waals surface area (Å²) in [6.07, 6.45) is 0. The van der Waals surface area contributed by atoms with Gasteiger partial charge in [-0.3, -0.25) is 4.79 Å². The van der Waals surface area contributed by atoms with E-state index in [9.17, 15) is 22.0 Å². The molecule has 152 valence electrons. The van der Waals surface area contributed by atoms with E-state index in [2.05, 4.69) is 5.32 Å². The van der Waals surface area contributed by atoms with Crippen LogP contribution in [0.4, 0.5) is 14.5 Å². The first kappa shape index (κ1) is 20.7. The molecule has 3 rings (SSSR count). The van der Waals surface area contributed by atoms with E-state index in [4.69, 9.17) is 4.42 Å². The third kappa shape index (κ3) is 4.52. The van der Waals surface area contributed by atoms with Gasteiger partial charge in [-0.25, -0.2) is 17.2 Å². The Hall–Kier alpha value is -3.04. The van der Waals surface area contributed by atoms with Crippen molar-refractivity contribution in [1.82, 2.24) is 4.31 Å². The minimum atomic E-state index is -3.75. The molecule has 1 heterocycles. The predicted octanol–water partition coefficient (Wildman–Crippen LogP) is 3.94. The quantitative estimate of drug-likeness (QED) is 0.655. The van der Waals surface area contributed by atoms with E-state index >= 15 is 0 Å². The Kier molecular flexibility index (Phi) is 5.81. The van der Waals surface area contributed by atoms with Gasteiger partial charge < -0.3 is 9.73 Å². The molecule has 2 aromatic carbocycles. The minimum Gasteiger partial charge on any atom is -0.455 e. The number of anilines is 1. The normalized spacial score (nSPS) is 11.6. The monoisotopic (exact) mass is 420 g/mol. The van der Waals surface area contributed by atoms with E-state index in [-0.39, 0.29) is 23.0 Å². The second-order valence-corrected chi connectivity index (χ2v) is 8.44. The number of amides is 1. The van der Waals surface area contributed by atoms with Crippen LogP contribution in [0.25, 0.3) is 0 Å². The van der Waals surface area contributed by atoms with Gasteiger partial charge in [0.25, 0.3) is 5.91 Å². The number of sulfonamides is 1. The Labute approximate surface area is 166 Å². The average molecular weight is 420 g/mol. The third-order valence-electron chi connectivity index (χ3n) is 4.19. The van der Waals surface area contributed by atoms with Crippen LogP contribution in [0.5, 0.6) is 0 Å². The lowest BCUT2D eigenvalue weighted by atomic mass is 10.2. The first-order valence-corrected chi connectivity index (χ1v) is 9.99. The summed E-state index contributed by atoms with van der Waals surface area (Å²) >= 11 is 0. The fourth-order valence-electron chi connectivity index (χ4n) is 2.57. The van der Waals surface area contributed by atoms with Crippen molar-refractivity contribution in [1.29, 1.82) is 0 Å². The predicted molar refractivity (Wildman–Crippen MR) is 103 cm³/mol. The van der Waals surface area contributed by atoms with Gasteiger partial charge in [0.2, 0.25) is 10.0 Å². The molecule has 0 bridgehead atoms. The van der Waals surface area contributed by atoms with Gasteiger partial charge in [0.1, 0.15) is 23.1 Å². The van der Waals surface area contributed by atoms with Crippen molar-refractivity contribution in [2.24, 2.45) is 0 Å². The van der Waals surface area contributed by atoms with Crippen LogP contribution in [-0.2, 0) is 16.6 Å². The molecule has 9 heteroatoms. The van der Waals surface area contributed by atoms with Gasteiger partial charge in [-0.15, -0.1) is 0 Å². The lowest BCUT2D eigenvalue weighted by Crippen LogP contribution is -2.26. The number of nitrogens with zero attached hydrogens (tertiary/aromatic N) is 1. The Morgan fingerprint density at radius 3 is 2.28 bits per heavy atom. The van der Waals surface area contributed by atoms with Gasteiger partial charge in [-0.05, 0) is 43.3 Å². The number of halogens is 2. The highest BCUT2D eigenvalue weighted by Gasteiger charge is 2.23. The maximum absolute atomic E-state index is 13.7. The van der Waals surface area contributed by atoms with Gasteiger partial charge in [0, 0.05) is 7.05 Å². The van der Waals surface area contributed by atoms with E-state index in [1.54, 1.807) is 12.1 Å². The van der Waals surface area contributed by atoms with Crippen molar-refractivity contribution in [3.05, 3.63) is 83.3 Å². The van der Waals surface area contributed by atoms with E-state index < -0.39 is 33.3 Å². The van der Waals surface area contributed by atoms with Crippen molar-refractivity contribution in [3.63, 3.8) is 0 Å². The first-order chi connectivity index (χ1) is 13.7. The highest BCUT2D eigenvalue weighted by molar-refractivity contribution is 7.89. The summed E-state index contributed by atoms with van der Waals surface area (Å²) in [7, 11) is -2.37. The number of para-hydroxylation sites is 1. The van der Waals surface area contributed by atoms with Gasteiger partial charge in [-0.1, -0.05) is 23.8 Å². The smallest absolute Gasteiger partial charge is 0.291 e. The van der Waals surface area contributed by atoms with E-state index in [0.717, 1.165) is 22.0 Å². The Bertz CT molecular complexity index is 1120. The third-order valence-corrected chi connectivity index (χ3v) is 6.01. The fraction of sp³-hybridized carbons (Fsp3) is 0.150. The molecule has 0 unspecified atom stereocenters. The Balaban J connectivity index is 1.72. The van der Waals surface area contributed by atoms with Crippen LogP contribution in [0.3, 0.4) is 0 Å². The molecule has 1 aromatic heterocycles. The van der Waals surface area contributed by atoms with E-state index in [0.29, 0.717) is 0 Å². The lowest BCUT2D eigenvalue weighted by Gasteiger charge is -2.16. The van der Waals surface area contributed by atoms with Crippen LogP contribution in [0, 0.1) is 18.6 Å². The molecule has 0 aliphatic carbocycles. The van der Waals surface area contributed by atoms with Crippen molar-refractivity contribution in [2.75, 3.05) is 12.4 Å². The zero-order chi connectivity index (χ0) is 21.2.